The van der Waals surface area contributed by atoms with E-state index in [-0.39, 0.29) is 0 Å². The monoisotopic (exact) mass is 455 g/mol. The zero-order valence-corrected chi connectivity index (χ0v) is 18.6. The summed E-state index contributed by atoms with van der Waals surface area (Å²) in [5, 5.41) is 7.88. The highest BCUT2D eigenvalue weighted by molar-refractivity contribution is 6.35. The SMILES string of the molecule is CNCc1cc(Oc2cnc(N3C[C@@H]4C[C@H]3CN4)nc2)cc(-c2cc(Cl)cc(Cl)c2)c1. The van der Waals surface area contributed by atoms with Gasteiger partial charge in [0.05, 0.1) is 12.4 Å². The van der Waals surface area contributed by atoms with Crippen molar-refractivity contribution < 1.29 is 4.74 Å². The Labute approximate surface area is 191 Å². The average Bonchev–Trinajstić information content (AvgIpc) is 3.37. The Balaban J connectivity index is 1.39. The lowest BCUT2D eigenvalue weighted by atomic mass is 10.0. The van der Waals surface area contributed by atoms with E-state index in [0.717, 1.165) is 42.1 Å². The fourth-order valence-electron chi connectivity index (χ4n) is 4.37. The van der Waals surface area contributed by atoms with Gasteiger partial charge in [-0.25, -0.2) is 9.97 Å². The average molecular weight is 456 g/mol. The summed E-state index contributed by atoms with van der Waals surface area (Å²) < 4.78 is 6.12. The van der Waals surface area contributed by atoms with Crippen LogP contribution in [0.4, 0.5) is 5.95 Å². The summed E-state index contributed by atoms with van der Waals surface area (Å²) in [6, 6.07) is 12.6. The topological polar surface area (TPSA) is 62.3 Å². The fraction of sp³-hybridized carbons (Fsp3) is 0.304. The molecule has 0 spiro atoms. The number of anilines is 1. The summed E-state index contributed by atoms with van der Waals surface area (Å²) in [4.78, 5) is 11.4. The van der Waals surface area contributed by atoms with Crippen LogP contribution in [0.25, 0.3) is 11.1 Å². The zero-order chi connectivity index (χ0) is 21.4. The summed E-state index contributed by atoms with van der Waals surface area (Å²) in [5.41, 5.74) is 3.00. The van der Waals surface area contributed by atoms with E-state index in [9.17, 15) is 0 Å². The number of nitrogens with one attached hydrogen (secondary N) is 2. The van der Waals surface area contributed by atoms with Crippen LogP contribution in [0.3, 0.4) is 0 Å². The Kier molecular flexibility index (Phi) is 5.71. The van der Waals surface area contributed by atoms with Gasteiger partial charge in [-0.3, -0.25) is 0 Å². The van der Waals surface area contributed by atoms with Crippen LogP contribution < -0.4 is 20.3 Å². The number of nitrogens with zero attached hydrogens (tertiary/aromatic N) is 3. The van der Waals surface area contributed by atoms with Crippen molar-refractivity contribution >= 4 is 29.2 Å². The smallest absolute Gasteiger partial charge is 0.225 e. The van der Waals surface area contributed by atoms with Crippen molar-refractivity contribution in [2.45, 2.75) is 25.0 Å². The normalized spacial score (nSPS) is 19.8. The summed E-state index contributed by atoms with van der Waals surface area (Å²) in [5.74, 6) is 2.07. The second-order valence-corrected chi connectivity index (χ2v) is 8.89. The highest BCUT2D eigenvalue weighted by atomic mass is 35.5. The van der Waals surface area contributed by atoms with Gasteiger partial charge in [0, 0.05) is 41.8 Å². The Morgan fingerprint density at radius 1 is 1.03 bits per heavy atom. The second-order valence-electron chi connectivity index (χ2n) is 8.02. The Bertz CT molecular complexity index is 1070. The van der Waals surface area contributed by atoms with Gasteiger partial charge in [-0.1, -0.05) is 23.2 Å². The van der Waals surface area contributed by atoms with Crippen LogP contribution in [-0.2, 0) is 6.54 Å². The number of aromatic nitrogens is 2. The van der Waals surface area contributed by atoms with E-state index < -0.39 is 0 Å². The van der Waals surface area contributed by atoms with Gasteiger partial charge >= 0.3 is 0 Å². The van der Waals surface area contributed by atoms with Crippen molar-refractivity contribution in [2.24, 2.45) is 0 Å². The van der Waals surface area contributed by atoms with Crippen LogP contribution in [0.5, 0.6) is 11.5 Å². The highest BCUT2D eigenvalue weighted by Crippen LogP contribution is 2.33. The number of rotatable bonds is 6. The van der Waals surface area contributed by atoms with Crippen LogP contribution in [0.2, 0.25) is 10.0 Å². The van der Waals surface area contributed by atoms with Gasteiger partial charge in [-0.15, -0.1) is 0 Å². The molecule has 2 aromatic carbocycles. The van der Waals surface area contributed by atoms with Crippen LogP contribution in [0, 0.1) is 0 Å². The van der Waals surface area contributed by atoms with Gasteiger partial charge in [-0.2, -0.15) is 0 Å². The zero-order valence-electron chi connectivity index (χ0n) is 17.1. The Morgan fingerprint density at radius 3 is 2.42 bits per heavy atom. The third-order valence-electron chi connectivity index (χ3n) is 5.71. The number of hydrogen-bond acceptors (Lipinski definition) is 6. The molecule has 1 aromatic heterocycles. The predicted octanol–water partition coefficient (Wildman–Crippen LogP) is 4.51. The molecule has 160 valence electrons. The molecule has 5 rings (SSSR count). The van der Waals surface area contributed by atoms with Crippen LogP contribution in [0.1, 0.15) is 12.0 Å². The fourth-order valence-corrected chi connectivity index (χ4v) is 4.89. The van der Waals surface area contributed by atoms with Crippen LogP contribution in [-0.4, -0.2) is 42.2 Å². The molecule has 0 saturated carbocycles. The van der Waals surface area contributed by atoms with E-state index in [1.54, 1.807) is 18.5 Å². The molecule has 0 radical (unpaired) electrons. The first-order valence-electron chi connectivity index (χ1n) is 10.3. The molecule has 3 aromatic rings. The van der Waals surface area contributed by atoms with Crippen molar-refractivity contribution in [3.8, 4) is 22.6 Å². The van der Waals surface area contributed by atoms with Gasteiger partial charge in [0.25, 0.3) is 0 Å². The first kappa shape index (κ1) is 20.5. The molecule has 0 amide bonds. The highest BCUT2D eigenvalue weighted by Gasteiger charge is 2.38. The van der Waals surface area contributed by atoms with E-state index in [4.69, 9.17) is 27.9 Å². The third-order valence-corrected chi connectivity index (χ3v) is 6.14. The molecule has 3 heterocycles. The molecule has 2 bridgehead atoms. The molecule has 2 saturated heterocycles. The quantitative estimate of drug-likeness (QED) is 0.569. The van der Waals surface area contributed by atoms with E-state index in [0.29, 0.717) is 40.2 Å². The minimum Gasteiger partial charge on any atom is -0.454 e. The van der Waals surface area contributed by atoms with Gasteiger partial charge in [0.2, 0.25) is 5.95 Å². The molecule has 31 heavy (non-hydrogen) atoms. The Morgan fingerprint density at radius 2 is 1.77 bits per heavy atom. The van der Waals surface area contributed by atoms with E-state index in [1.807, 2.05) is 31.3 Å². The van der Waals surface area contributed by atoms with E-state index in [2.05, 4.69) is 31.6 Å². The largest absolute Gasteiger partial charge is 0.454 e. The first-order valence-corrected chi connectivity index (χ1v) is 11.1. The van der Waals surface area contributed by atoms with Crippen molar-refractivity contribution in [2.75, 3.05) is 25.0 Å². The number of benzene rings is 2. The standard InChI is InChI=1S/C23H23Cl2N5O/c1-26-9-14-2-15(16-4-17(24)7-18(25)5-16)6-21(3-14)31-22-11-28-23(29-12-22)30-13-19-8-20(30)10-27-19/h2-7,11-12,19-20,26-27H,8-10,13H2,1H3/t19-,20-/m0/s1. The molecule has 6 nitrogen and oxygen atoms in total. The lowest BCUT2D eigenvalue weighted by molar-refractivity contribution is 0.476. The molecular formula is C23H23Cl2N5O. The maximum Gasteiger partial charge on any atom is 0.225 e. The maximum absolute atomic E-state index is 6.21. The first-order chi connectivity index (χ1) is 15.1. The summed E-state index contributed by atoms with van der Waals surface area (Å²) in [7, 11) is 1.91. The minimum absolute atomic E-state index is 0.488. The van der Waals surface area contributed by atoms with Crippen LogP contribution >= 0.6 is 23.2 Å². The Hall–Kier alpha value is -2.38. The van der Waals surface area contributed by atoms with Crippen molar-refractivity contribution in [1.82, 2.24) is 20.6 Å². The van der Waals surface area contributed by atoms with Gasteiger partial charge in [0.1, 0.15) is 5.75 Å². The number of hydrogen-bond donors (Lipinski definition) is 2. The molecule has 2 aliphatic rings. The lowest BCUT2D eigenvalue weighted by Gasteiger charge is -2.27. The second kappa shape index (κ2) is 8.63. The number of halogens is 2. The number of fused-ring (bicyclic) bond motifs is 2. The molecule has 0 unspecified atom stereocenters. The number of ether oxygens (including phenoxy) is 1. The van der Waals surface area contributed by atoms with E-state index in [1.165, 1.54) is 0 Å². The maximum atomic E-state index is 6.21. The van der Waals surface area contributed by atoms with Gasteiger partial charge < -0.3 is 20.3 Å². The summed E-state index contributed by atoms with van der Waals surface area (Å²) in [6.07, 6.45) is 4.64. The number of piperazine rings is 1. The summed E-state index contributed by atoms with van der Waals surface area (Å²) in [6.45, 7) is 2.67. The molecule has 2 fully saturated rings. The minimum atomic E-state index is 0.488. The molecule has 2 N–H and O–H groups in total. The summed E-state index contributed by atoms with van der Waals surface area (Å²) >= 11 is 12.4. The molecular weight excluding hydrogens is 433 g/mol. The predicted molar refractivity (Wildman–Crippen MR) is 124 cm³/mol. The third kappa shape index (κ3) is 4.48. The van der Waals surface area contributed by atoms with Crippen molar-refractivity contribution in [3.05, 3.63) is 64.4 Å². The van der Waals surface area contributed by atoms with E-state index >= 15 is 0 Å². The lowest BCUT2D eigenvalue weighted by Crippen LogP contribution is -2.44. The molecule has 2 aliphatic heterocycles. The molecule has 0 aliphatic carbocycles. The van der Waals surface area contributed by atoms with Gasteiger partial charge in [-0.05, 0) is 66.6 Å². The van der Waals surface area contributed by atoms with Crippen LogP contribution in [0.15, 0.2) is 48.8 Å². The van der Waals surface area contributed by atoms with Gasteiger partial charge in [0.15, 0.2) is 5.75 Å². The van der Waals surface area contributed by atoms with Crippen molar-refractivity contribution in [1.29, 1.82) is 0 Å². The van der Waals surface area contributed by atoms with Crippen molar-refractivity contribution in [3.63, 3.8) is 0 Å². The molecule has 2 atom stereocenters. The molecule has 8 heteroatoms.